The summed E-state index contributed by atoms with van der Waals surface area (Å²) in [5.74, 6) is 0.829. The van der Waals surface area contributed by atoms with Crippen molar-refractivity contribution in [1.29, 1.82) is 0 Å². The molecular weight excluding hydrogens is 272 g/mol. The summed E-state index contributed by atoms with van der Waals surface area (Å²) >= 11 is 0. The normalized spacial score (nSPS) is 23.5. The number of nitrogens with zero attached hydrogens (tertiary/aromatic N) is 1. The Balaban J connectivity index is 1.83. The van der Waals surface area contributed by atoms with E-state index in [1.807, 2.05) is 6.07 Å². The average Bonchev–Trinajstić information content (AvgIpc) is 2.56. The van der Waals surface area contributed by atoms with Crippen LogP contribution in [-0.4, -0.2) is 36.5 Å². The first-order valence-electron chi connectivity index (χ1n) is 8.79. The summed E-state index contributed by atoms with van der Waals surface area (Å²) in [7, 11) is 0. The van der Waals surface area contributed by atoms with Gasteiger partial charge in [0.05, 0.1) is 0 Å². The topological polar surface area (TPSA) is 32.3 Å². The molecule has 2 aliphatic heterocycles. The van der Waals surface area contributed by atoms with Gasteiger partial charge in [0.25, 0.3) is 5.91 Å². The number of piperidine rings is 2. The first kappa shape index (κ1) is 15.5. The Morgan fingerprint density at radius 2 is 1.95 bits per heavy atom. The second-order valence-corrected chi connectivity index (χ2v) is 6.94. The van der Waals surface area contributed by atoms with Crippen LogP contribution in [0.4, 0.5) is 0 Å². The molecule has 3 rings (SSSR count). The van der Waals surface area contributed by atoms with Gasteiger partial charge in [-0.15, -0.1) is 0 Å². The van der Waals surface area contributed by atoms with Gasteiger partial charge in [0.15, 0.2) is 0 Å². The van der Waals surface area contributed by atoms with E-state index < -0.39 is 0 Å². The van der Waals surface area contributed by atoms with Crippen molar-refractivity contribution < 1.29 is 4.79 Å². The molecular formula is C19H28N2O. The van der Waals surface area contributed by atoms with Crippen molar-refractivity contribution in [2.24, 2.45) is 0 Å². The molecule has 0 aromatic heterocycles. The van der Waals surface area contributed by atoms with Crippen LogP contribution in [-0.2, 0) is 0 Å². The number of aryl methyl sites for hydroxylation is 1. The Morgan fingerprint density at radius 3 is 2.68 bits per heavy atom. The summed E-state index contributed by atoms with van der Waals surface area (Å²) in [6, 6.07) is 6.71. The van der Waals surface area contributed by atoms with E-state index in [0.717, 1.165) is 38.0 Å². The monoisotopic (exact) mass is 300 g/mol. The SMILES string of the molecule is Cc1ccc(C(=O)N2CCCCC2C)cc1C1CCNCC1. The predicted molar refractivity (Wildman–Crippen MR) is 90.4 cm³/mol. The third-order valence-electron chi connectivity index (χ3n) is 5.37. The molecule has 1 unspecified atom stereocenters. The Morgan fingerprint density at radius 1 is 1.18 bits per heavy atom. The van der Waals surface area contributed by atoms with Gasteiger partial charge >= 0.3 is 0 Å². The van der Waals surface area contributed by atoms with Gasteiger partial charge in [0.1, 0.15) is 0 Å². The van der Waals surface area contributed by atoms with Gasteiger partial charge < -0.3 is 10.2 Å². The quantitative estimate of drug-likeness (QED) is 0.907. The number of rotatable bonds is 2. The lowest BCUT2D eigenvalue weighted by Gasteiger charge is -2.34. The number of likely N-dealkylation sites (tertiary alicyclic amines) is 1. The van der Waals surface area contributed by atoms with Crippen LogP contribution in [0, 0.1) is 6.92 Å². The highest BCUT2D eigenvalue weighted by Gasteiger charge is 2.25. The summed E-state index contributed by atoms with van der Waals surface area (Å²) in [5, 5.41) is 3.42. The number of carbonyl (C=O) groups is 1. The van der Waals surface area contributed by atoms with E-state index in [9.17, 15) is 4.79 Å². The lowest BCUT2D eigenvalue weighted by molar-refractivity contribution is 0.0635. The third kappa shape index (κ3) is 3.19. The average molecular weight is 300 g/mol. The molecule has 0 saturated carbocycles. The molecule has 1 aromatic carbocycles. The molecule has 1 N–H and O–H groups in total. The molecule has 0 spiro atoms. The van der Waals surface area contributed by atoms with Crippen LogP contribution in [0.25, 0.3) is 0 Å². The summed E-state index contributed by atoms with van der Waals surface area (Å²) in [4.78, 5) is 14.9. The molecule has 0 bridgehead atoms. The van der Waals surface area contributed by atoms with Crippen LogP contribution < -0.4 is 5.32 Å². The second-order valence-electron chi connectivity index (χ2n) is 6.94. The van der Waals surface area contributed by atoms with Crippen LogP contribution in [0.2, 0.25) is 0 Å². The van der Waals surface area contributed by atoms with Crippen LogP contribution >= 0.6 is 0 Å². The Hall–Kier alpha value is -1.35. The zero-order valence-electron chi connectivity index (χ0n) is 13.9. The molecule has 1 aromatic rings. The van der Waals surface area contributed by atoms with Crippen LogP contribution in [0.1, 0.15) is 66.4 Å². The fourth-order valence-electron chi connectivity index (χ4n) is 3.91. The molecule has 0 radical (unpaired) electrons. The van der Waals surface area contributed by atoms with Gasteiger partial charge in [-0.1, -0.05) is 6.07 Å². The fraction of sp³-hybridized carbons (Fsp3) is 0.632. The largest absolute Gasteiger partial charge is 0.336 e. The smallest absolute Gasteiger partial charge is 0.254 e. The molecule has 2 heterocycles. The molecule has 1 amide bonds. The minimum atomic E-state index is 0.224. The molecule has 0 aliphatic carbocycles. The molecule has 1 atom stereocenters. The van der Waals surface area contributed by atoms with E-state index in [4.69, 9.17) is 0 Å². The van der Waals surface area contributed by atoms with E-state index in [2.05, 4.69) is 36.2 Å². The zero-order valence-corrected chi connectivity index (χ0v) is 13.9. The summed E-state index contributed by atoms with van der Waals surface area (Å²) in [6.07, 6.45) is 5.89. The van der Waals surface area contributed by atoms with E-state index in [-0.39, 0.29) is 5.91 Å². The fourth-order valence-corrected chi connectivity index (χ4v) is 3.91. The maximum Gasteiger partial charge on any atom is 0.254 e. The number of hydrogen-bond acceptors (Lipinski definition) is 2. The first-order valence-corrected chi connectivity index (χ1v) is 8.79. The molecule has 2 saturated heterocycles. The highest BCUT2D eigenvalue weighted by Crippen LogP contribution is 2.29. The van der Waals surface area contributed by atoms with Gasteiger partial charge in [-0.3, -0.25) is 4.79 Å². The molecule has 2 aliphatic rings. The number of amides is 1. The van der Waals surface area contributed by atoms with E-state index in [1.54, 1.807) is 0 Å². The standard InChI is InChI=1S/C19H28N2O/c1-14-6-7-17(13-18(14)16-8-10-20-11-9-16)19(22)21-12-4-3-5-15(21)2/h6-7,13,15-16,20H,3-5,8-12H2,1-2H3. The van der Waals surface area contributed by atoms with Crippen molar-refractivity contribution in [3.8, 4) is 0 Å². The lowest BCUT2D eigenvalue weighted by Crippen LogP contribution is -2.42. The van der Waals surface area contributed by atoms with Crippen molar-refractivity contribution in [1.82, 2.24) is 10.2 Å². The third-order valence-corrected chi connectivity index (χ3v) is 5.37. The van der Waals surface area contributed by atoms with Gasteiger partial charge in [-0.25, -0.2) is 0 Å². The summed E-state index contributed by atoms with van der Waals surface area (Å²) in [6.45, 7) is 7.45. The van der Waals surface area contributed by atoms with Crippen LogP contribution in [0.3, 0.4) is 0 Å². The molecule has 3 heteroatoms. The molecule has 3 nitrogen and oxygen atoms in total. The van der Waals surface area contributed by atoms with Crippen molar-refractivity contribution in [2.75, 3.05) is 19.6 Å². The van der Waals surface area contributed by atoms with Gasteiger partial charge in [0, 0.05) is 18.2 Å². The molecule has 120 valence electrons. The van der Waals surface area contributed by atoms with Crippen molar-refractivity contribution >= 4 is 5.91 Å². The number of benzene rings is 1. The molecule has 22 heavy (non-hydrogen) atoms. The van der Waals surface area contributed by atoms with Crippen molar-refractivity contribution in [2.45, 2.75) is 57.9 Å². The maximum absolute atomic E-state index is 12.9. The minimum Gasteiger partial charge on any atom is -0.336 e. The van der Waals surface area contributed by atoms with Gasteiger partial charge in [-0.05, 0) is 88.2 Å². The predicted octanol–water partition coefficient (Wildman–Crippen LogP) is 3.48. The second kappa shape index (κ2) is 6.82. The zero-order chi connectivity index (χ0) is 15.5. The molecule has 2 fully saturated rings. The van der Waals surface area contributed by atoms with Gasteiger partial charge in [-0.2, -0.15) is 0 Å². The number of nitrogens with one attached hydrogen (secondary N) is 1. The first-order chi connectivity index (χ1) is 10.7. The van der Waals surface area contributed by atoms with Crippen LogP contribution in [0.5, 0.6) is 0 Å². The number of carbonyl (C=O) groups excluding carboxylic acids is 1. The van der Waals surface area contributed by atoms with E-state index >= 15 is 0 Å². The highest BCUT2D eigenvalue weighted by atomic mass is 16.2. The number of hydrogen-bond donors (Lipinski definition) is 1. The Labute approximate surface area is 134 Å². The van der Waals surface area contributed by atoms with Crippen molar-refractivity contribution in [3.05, 3.63) is 34.9 Å². The Bertz CT molecular complexity index is 534. The van der Waals surface area contributed by atoms with Crippen LogP contribution in [0.15, 0.2) is 18.2 Å². The minimum absolute atomic E-state index is 0.224. The van der Waals surface area contributed by atoms with Crippen molar-refractivity contribution in [3.63, 3.8) is 0 Å². The summed E-state index contributed by atoms with van der Waals surface area (Å²) < 4.78 is 0. The van der Waals surface area contributed by atoms with E-state index in [0.29, 0.717) is 12.0 Å². The maximum atomic E-state index is 12.9. The summed E-state index contributed by atoms with van der Waals surface area (Å²) in [5.41, 5.74) is 3.60. The highest BCUT2D eigenvalue weighted by molar-refractivity contribution is 5.94. The van der Waals surface area contributed by atoms with Gasteiger partial charge in [0.2, 0.25) is 0 Å². The lowest BCUT2D eigenvalue weighted by atomic mass is 9.86. The Kier molecular flexibility index (Phi) is 4.82. The van der Waals surface area contributed by atoms with E-state index in [1.165, 1.54) is 30.4 Å².